The highest BCUT2D eigenvalue weighted by Gasteiger charge is 2.08. The lowest BCUT2D eigenvalue weighted by Gasteiger charge is -2.02. The number of aromatic amines is 1. The summed E-state index contributed by atoms with van der Waals surface area (Å²) in [5.74, 6) is 1.01. The lowest BCUT2D eigenvalue weighted by Crippen LogP contribution is -1.96. The van der Waals surface area contributed by atoms with Gasteiger partial charge in [-0.3, -0.25) is 5.10 Å². The number of fused-ring (bicyclic) bond motifs is 1. The van der Waals surface area contributed by atoms with Gasteiger partial charge in [-0.1, -0.05) is 28.1 Å². The molecule has 84 valence electrons. The highest BCUT2D eigenvalue weighted by Crippen LogP contribution is 2.23. The van der Waals surface area contributed by atoms with Crippen molar-refractivity contribution >= 4 is 32.8 Å². The van der Waals surface area contributed by atoms with Gasteiger partial charge in [-0.2, -0.15) is 5.10 Å². The van der Waals surface area contributed by atoms with Gasteiger partial charge >= 0.3 is 0 Å². The Hall–Kier alpha value is -1.95. The first kappa shape index (κ1) is 10.2. The van der Waals surface area contributed by atoms with E-state index in [-0.39, 0.29) is 0 Å². The van der Waals surface area contributed by atoms with E-state index < -0.39 is 0 Å². The Kier molecular flexibility index (Phi) is 2.29. The molecule has 2 heterocycles. The summed E-state index contributed by atoms with van der Waals surface area (Å²) in [6.07, 6.45) is 1.62. The molecule has 0 amide bonds. The van der Waals surface area contributed by atoms with Crippen molar-refractivity contribution in [2.75, 3.05) is 5.73 Å². The van der Waals surface area contributed by atoms with E-state index >= 15 is 0 Å². The van der Waals surface area contributed by atoms with E-state index in [9.17, 15) is 0 Å². The number of benzene rings is 1. The fourth-order valence-corrected chi connectivity index (χ4v) is 2.01. The number of hydrogen-bond acceptors (Lipinski definition) is 4. The summed E-state index contributed by atoms with van der Waals surface area (Å²) in [5.41, 5.74) is 7.41. The molecule has 5 nitrogen and oxygen atoms in total. The van der Waals surface area contributed by atoms with Crippen molar-refractivity contribution in [3.63, 3.8) is 0 Å². The van der Waals surface area contributed by atoms with E-state index in [1.165, 1.54) is 0 Å². The van der Waals surface area contributed by atoms with Gasteiger partial charge in [0.1, 0.15) is 5.82 Å². The second kappa shape index (κ2) is 3.81. The average Bonchev–Trinajstić information content (AvgIpc) is 2.77. The summed E-state index contributed by atoms with van der Waals surface area (Å²) in [4.78, 5) is 8.65. The van der Waals surface area contributed by atoms with Crippen LogP contribution in [0.2, 0.25) is 0 Å². The minimum Gasteiger partial charge on any atom is -0.383 e. The molecule has 3 aromatic rings. The second-order valence-corrected chi connectivity index (χ2v) is 4.49. The van der Waals surface area contributed by atoms with Crippen LogP contribution in [0.15, 0.2) is 34.9 Å². The molecule has 0 aliphatic carbocycles. The molecule has 17 heavy (non-hydrogen) atoms. The molecule has 3 N–H and O–H groups in total. The van der Waals surface area contributed by atoms with Crippen LogP contribution < -0.4 is 5.73 Å². The minimum atomic E-state index is 0.429. The lowest BCUT2D eigenvalue weighted by molar-refractivity contribution is 1.09. The molecule has 0 bridgehead atoms. The zero-order valence-electron chi connectivity index (χ0n) is 8.68. The summed E-state index contributed by atoms with van der Waals surface area (Å²) in [7, 11) is 0. The largest absolute Gasteiger partial charge is 0.383 e. The van der Waals surface area contributed by atoms with Crippen molar-refractivity contribution in [3.05, 3.63) is 34.9 Å². The first-order valence-corrected chi connectivity index (χ1v) is 5.76. The molecule has 2 aromatic heterocycles. The van der Waals surface area contributed by atoms with Crippen LogP contribution in [-0.4, -0.2) is 20.2 Å². The van der Waals surface area contributed by atoms with Crippen LogP contribution in [0.3, 0.4) is 0 Å². The summed E-state index contributed by atoms with van der Waals surface area (Å²) < 4.78 is 0.974. The van der Waals surface area contributed by atoms with Gasteiger partial charge in [-0.05, 0) is 12.1 Å². The van der Waals surface area contributed by atoms with Crippen molar-refractivity contribution in [1.29, 1.82) is 0 Å². The number of nitrogens with zero attached hydrogens (tertiary/aromatic N) is 3. The highest BCUT2D eigenvalue weighted by molar-refractivity contribution is 9.10. The number of nitrogens with one attached hydrogen (secondary N) is 1. The molecule has 6 heteroatoms. The molecule has 0 aliphatic rings. The van der Waals surface area contributed by atoms with E-state index in [0.29, 0.717) is 17.3 Å². The molecule has 0 unspecified atom stereocenters. The number of nitrogen functional groups attached to an aromatic ring is 1. The van der Waals surface area contributed by atoms with E-state index in [1.54, 1.807) is 6.20 Å². The third-order valence-corrected chi connectivity index (χ3v) is 2.92. The molecule has 1 aromatic carbocycles. The fourth-order valence-electron chi connectivity index (χ4n) is 1.61. The standard InChI is InChI=1S/C11H8BrN5/c12-7-3-1-2-6(4-7)10-15-9(13)8-5-14-17-11(8)16-10/h1-5H,(H3,13,14,15,16,17). The van der Waals surface area contributed by atoms with Gasteiger partial charge in [0.15, 0.2) is 11.5 Å². The minimum absolute atomic E-state index is 0.429. The van der Waals surface area contributed by atoms with Crippen molar-refractivity contribution in [2.24, 2.45) is 0 Å². The van der Waals surface area contributed by atoms with Gasteiger partial charge < -0.3 is 5.73 Å². The molecule has 0 atom stereocenters. The Labute approximate surface area is 105 Å². The quantitative estimate of drug-likeness (QED) is 0.721. The van der Waals surface area contributed by atoms with E-state index in [2.05, 4.69) is 36.1 Å². The fraction of sp³-hybridized carbons (Fsp3) is 0. The maximum atomic E-state index is 5.85. The van der Waals surface area contributed by atoms with E-state index in [0.717, 1.165) is 15.4 Å². The van der Waals surface area contributed by atoms with Crippen LogP contribution in [0.5, 0.6) is 0 Å². The third kappa shape index (κ3) is 1.76. The SMILES string of the molecule is Nc1nc(-c2cccc(Br)c2)nc2[nH]ncc12. The topological polar surface area (TPSA) is 80.5 Å². The first-order chi connectivity index (χ1) is 8.24. The maximum absolute atomic E-state index is 5.85. The molecular formula is C11H8BrN5. The van der Waals surface area contributed by atoms with Crippen molar-refractivity contribution < 1.29 is 0 Å². The average molecular weight is 290 g/mol. The molecule has 0 aliphatic heterocycles. The first-order valence-electron chi connectivity index (χ1n) is 4.96. The Morgan fingerprint density at radius 2 is 2.12 bits per heavy atom. The second-order valence-electron chi connectivity index (χ2n) is 3.58. The number of rotatable bonds is 1. The van der Waals surface area contributed by atoms with Crippen LogP contribution in [0.25, 0.3) is 22.4 Å². The van der Waals surface area contributed by atoms with Crippen LogP contribution in [0.4, 0.5) is 5.82 Å². The molecule has 0 spiro atoms. The zero-order chi connectivity index (χ0) is 11.8. The Bertz CT molecular complexity index is 691. The molecule has 0 saturated carbocycles. The van der Waals surface area contributed by atoms with Crippen molar-refractivity contribution in [2.45, 2.75) is 0 Å². The van der Waals surface area contributed by atoms with Gasteiger partial charge in [0.25, 0.3) is 0 Å². The maximum Gasteiger partial charge on any atom is 0.164 e. The van der Waals surface area contributed by atoms with Crippen molar-refractivity contribution in [1.82, 2.24) is 20.2 Å². The van der Waals surface area contributed by atoms with Gasteiger partial charge in [0.2, 0.25) is 0 Å². The van der Waals surface area contributed by atoms with Gasteiger partial charge in [-0.15, -0.1) is 0 Å². The summed E-state index contributed by atoms with van der Waals surface area (Å²) in [6.45, 7) is 0. The van der Waals surface area contributed by atoms with E-state index in [4.69, 9.17) is 5.73 Å². The number of nitrogens with two attached hydrogens (primary N) is 1. The lowest BCUT2D eigenvalue weighted by atomic mass is 10.2. The molecule has 0 fully saturated rings. The Morgan fingerprint density at radius 1 is 1.24 bits per heavy atom. The van der Waals surface area contributed by atoms with Crippen LogP contribution >= 0.6 is 15.9 Å². The smallest absolute Gasteiger partial charge is 0.164 e. The predicted molar refractivity (Wildman–Crippen MR) is 69.2 cm³/mol. The number of H-pyrrole nitrogens is 1. The van der Waals surface area contributed by atoms with E-state index in [1.807, 2.05) is 24.3 Å². The number of hydrogen-bond donors (Lipinski definition) is 2. The molecule has 0 radical (unpaired) electrons. The Morgan fingerprint density at radius 3 is 2.94 bits per heavy atom. The zero-order valence-corrected chi connectivity index (χ0v) is 10.3. The van der Waals surface area contributed by atoms with Crippen LogP contribution in [0.1, 0.15) is 0 Å². The molecule has 0 saturated heterocycles. The van der Waals surface area contributed by atoms with Crippen LogP contribution in [-0.2, 0) is 0 Å². The van der Waals surface area contributed by atoms with Gasteiger partial charge in [0.05, 0.1) is 11.6 Å². The summed E-state index contributed by atoms with van der Waals surface area (Å²) >= 11 is 3.41. The van der Waals surface area contributed by atoms with Crippen molar-refractivity contribution in [3.8, 4) is 11.4 Å². The van der Waals surface area contributed by atoms with Crippen LogP contribution in [0, 0.1) is 0 Å². The summed E-state index contributed by atoms with van der Waals surface area (Å²) in [5, 5.41) is 7.43. The Balaban J connectivity index is 2.23. The number of aromatic nitrogens is 4. The van der Waals surface area contributed by atoms with Gasteiger partial charge in [0, 0.05) is 10.0 Å². The normalized spacial score (nSPS) is 10.9. The monoisotopic (exact) mass is 289 g/mol. The predicted octanol–water partition coefficient (Wildman–Crippen LogP) is 2.36. The highest BCUT2D eigenvalue weighted by atomic mass is 79.9. The number of halogens is 1. The molecule has 3 rings (SSSR count). The molecular weight excluding hydrogens is 282 g/mol. The summed E-state index contributed by atoms with van der Waals surface area (Å²) in [6, 6.07) is 7.75. The van der Waals surface area contributed by atoms with Gasteiger partial charge in [-0.25, -0.2) is 9.97 Å². The third-order valence-electron chi connectivity index (χ3n) is 2.42. The number of anilines is 1.